The first-order valence-corrected chi connectivity index (χ1v) is 22.2. The first-order chi connectivity index (χ1) is 30.9. The minimum atomic E-state index is 0.930. The van der Waals surface area contributed by atoms with Gasteiger partial charge in [-0.2, -0.15) is 0 Å². The molecule has 0 fully saturated rings. The molecular weight excluding hydrogens is 761 g/mol. The van der Waals surface area contributed by atoms with Crippen LogP contribution in [0, 0.1) is 19.1 Å². The van der Waals surface area contributed by atoms with Crippen LogP contribution in [0.3, 0.4) is 0 Å². The normalized spacial score (nSPS) is 12.5. The summed E-state index contributed by atoms with van der Waals surface area (Å²) in [7, 11) is 0. The molecular formula is C61H54N2. The lowest BCUT2D eigenvalue weighted by molar-refractivity contribution is 0.956. The fraction of sp³-hybridized carbons (Fsp3) is 0.131. The number of hydrogen-bond acceptors (Lipinski definition) is 2. The number of unbranched alkanes of at least 4 members (excludes halogenated alkanes) is 1. The van der Waals surface area contributed by atoms with Crippen molar-refractivity contribution in [1.29, 1.82) is 0 Å². The van der Waals surface area contributed by atoms with Gasteiger partial charge in [0.1, 0.15) is 0 Å². The molecule has 0 amide bonds. The Morgan fingerprint density at radius 3 is 1.84 bits per heavy atom. The fourth-order valence-corrected chi connectivity index (χ4v) is 8.24. The van der Waals surface area contributed by atoms with Crippen molar-refractivity contribution in [2.45, 2.75) is 53.9 Å². The summed E-state index contributed by atoms with van der Waals surface area (Å²) in [4.78, 5) is 7.64. The Morgan fingerprint density at radius 2 is 1.19 bits per heavy atom. The van der Waals surface area contributed by atoms with E-state index in [1.54, 1.807) is 0 Å². The molecule has 0 heterocycles. The number of nitrogens with zero attached hydrogens (tertiary/aromatic N) is 2. The van der Waals surface area contributed by atoms with Gasteiger partial charge in [0.25, 0.3) is 0 Å². The molecule has 8 aromatic rings. The van der Waals surface area contributed by atoms with Crippen LogP contribution >= 0.6 is 0 Å². The third-order valence-corrected chi connectivity index (χ3v) is 11.8. The average molecular weight is 815 g/mol. The monoisotopic (exact) mass is 814 g/mol. The van der Waals surface area contributed by atoms with Crippen LogP contribution in [0.4, 0.5) is 11.4 Å². The molecule has 0 aromatic heterocycles. The van der Waals surface area contributed by atoms with E-state index in [0.717, 1.165) is 75.1 Å². The Morgan fingerprint density at radius 1 is 0.587 bits per heavy atom. The van der Waals surface area contributed by atoms with Crippen LogP contribution in [-0.4, -0.2) is 5.71 Å². The van der Waals surface area contributed by atoms with Crippen molar-refractivity contribution in [2.75, 3.05) is 4.90 Å². The van der Waals surface area contributed by atoms with Crippen LogP contribution < -0.4 is 4.90 Å². The first-order valence-electron chi connectivity index (χ1n) is 22.2. The van der Waals surface area contributed by atoms with Gasteiger partial charge in [-0.15, -0.1) is 0 Å². The van der Waals surface area contributed by atoms with Crippen molar-refractivity contribution in [3.8, 4) is 22.3 Å². The number of fused-ring (bicyclic) bond motifs is 1. The zero-order valence-corrected chi connectivity index (χ0v) is 37.1. The van der Waals surface area contributed by atoms with E-state index in [-0.39, 0.29) is 0 Å². The third kappa shape index (κ3) is 9.55. The number of aryl methyl sites for hydroxylation is 1. The molecule has 0 aliphatic rings. The first kappa shape index (κ1) is 42.2. The standard InChI is InChI=1S/C61H54N2/c1-6-8-33-60(63(54-29-16-11-17-30-54)59-34-19-18-22-45(59)4)52-41-39-49(40-42-52)56-32-21-28-53-27-20-31-55(61(53)56)48-35-37-50(38-36-48)57(44(3)7-2)43-58(51-25-14-10-15-26-51)62-46(5)47-23-12-9-13-24-47/h9-19,21-26,28-43H,6-8H2,1-5H3/b57-44+,58-43-,60-33+,62-46?. The summed E-state index contributed by atoms with van der Waals surface area (Å²) in [5, 5.41) is 2.21. The molecule has 0 N–H and O–H groups in total. The summed E-state index contributed by atoms with van der Waals surface area (Å²) in [5.41, 5.74) is 18.3. The average Bonchev–Trinajstić information content (AvgIpc) is 3.35. The molecule has 0 aliphatic carbocycles. The SMILES string of the molecule is CCC/C=C(\c1ccc(-c2cccc3c#ccc(-c4ccc(C(/C=C(\N=C(C)c5ccccc5)c5ccccc5)=C(\C)CC)cc4)c23)cc1)N(c1ccccc1)c1ccccc1C. The smallest absolute Gasteiger partial charge is 0.0711 e. The van der Waals surface area contributed by atoms with Crippen molar-refractivity contribution in [2.24, 2.45) is 4.99 Å². The Labute approximate surface area is 375 Å². The predicted octanol–water partition coefficient (Wildman–Crippen LogP) is 16.8. The fourth-order valence-electron chi connectivity index (χ4n) is 8.24. The Hall–Kier alpha value is -7.47. The molecule has 0 saturated heterocycles. The minimum absolute atomic E-state index is 0.930. The maximum atomic E-state index is 5.23. The van der Waals surface area contributed by atoms with Crippen LogP contribution in [0.25, 0.3) is 50.0 Å². The topological polar surface area (TPSA) is 15.6 Å². The second kappa shape index (κ2) is 19.9. The van der Waals surface area contributed by atoms with Crippen molar-refractivity contribution >= 4 is 44.8 Å². The quantitative estimate of drug-likeness (QED) is 0.0789. The zero-order chi connectivity index (χ0) is 43.5. The highest BCUT2D eigenvalue weighted by molar-refractivity contribution is 6.06. The van der Waals surface area contributed by atoms with Crippen molar-refractivity contribution in [1.82, 2.24) is 0 Å². The molecule has 0 unspecified atom stereocenters. The van der Waals surface area contributed by atoms with E-state index in [4.69, 9.17) is 4.99 Å². The second-order valence-electron chi connectivity index (χ2n) is 16.1. The number of hydrogen-bond donors (Lipinski definition) is 0. The van der Waals surface area contributed by atoms with E-state index in [0.29, 0.717) is 0 Å². The summed E-state index contributed by atoms with van der Waals surface area (Å²) < 4.78 is 0. The van der Waals surface area contributed by atoms with E-state index in [1.165, 1.54) is 44.6 Å². The van der Waals surface area contributed by atoms with Crippen molar-refractivity contribution < 1.29 is 0 Å². The Balaban J connectivity index is 1.17. The summed E-state index contributed by atoms with van der Waals surface area (Å²) >= 11 is 0. The molecule has 0 saturated carbocycles. The van der Waals surface area contributed by atoms with Crippen molar-refractivity contribution in [3.05, 3.63) is 246 Å². The summed E-state index contributed by atoms with van der Waals surface area (Å²) in [6, 6.07) is 73.8. The predicted molar refractivity (Wildman–Crippen MR) is 271 cm³/mol. The van der Waals surface area contributed by atoms with Crippen LogP contribution in [0.1, 0.15) is 74.8 Å². The largest absolute Gasteiger partial charge is 0.310 e. The van der Waals surface area contributed by atoms with Crippen LogP contribution in [0.5, 0.6) is 0 Å². The molecule has 63 heavy (non-hydrogen) atoms. The van der Waals surface area contributed by atoms with Gasteiger partial charge in [0.15, 0.2) is 0 Å². The second-order valence-corrected chi connectivity index (χ2v) is 16.1. The molecule has 308 valence electrons. The molecule has 0 atom stereocenters. The van der Waals surface area contributed by atoms with Crippen molar-refractivity contribution in [3.63, 3.8) is 0 Å². The highest BCUT2D eigenvalue weighted by atomic mass is 15.2. The van der Waals surface area contributed by atoms with Crippen LogP contribution in [0.2, 0.25) is 0 Å². The number of rotatable bonds is 14. The molecule has 8 aromatic carbocycles. The summed E-state index contributed by atoms with van der Waals surface area (Å²) in [5.74, 6) is 0. The van der Waals surface area contributed by atoms with Gasteiger partial charge in [0.2, 0.25) is 0 Å². The van der Waals surface area contributed by atoms with Gasteiger partial charge >= 0.3 is 0 Å². The van der Waals surface area contributed by atoms with E-state index in [1.807, 2.05) is 6.07 Å². The highest BCUT2D eigenvalue weighted by Crippen LogP contribution is 2.40. The maximum absolute atomic E-state index is 5.23. The lowest BCUT2D eigenvalue weighted by atomic mass is 9.90. The number of para-hydroxylation sites is 2. The molecule has 2 nitrogen and oxygen atoms in total. The van der Waals surface area contributed by atoms with Gasteiger partial charge in [-0.1, -0.05) is 202 Å². The number of anilines is 2. The lowest BCUT2D eigenvalue weighted by Crippen LogP contribution is -2.16. The molecule has 0 radical (unpaired) electrons. The van der Waals surface area contributed by atoms with Crippen LogP contribution in [0.15, 0.2) is 211 Å². The number of aliphatic imine (C=N–C) groups is 1. The molecule has 2 heteroatoms. The van der Waals surface area contributed by atoms with Gasteiger partial charge in [-0.25, -0.2) is 0 Å². The number of allylic oxidation sites excluding steroid dienone is 4. The van der Waals surface area contributed by atoms with Gasteiger partial charge in [0.05, 0.1) is 5.70 Å². The van der Waals surface area contributed by atoms with Gasteiger partial charge in [0, 0.05) is 39.1 Å². The lowest BCUT2D eigenvalue weighted by Gasteiger charge is -2.30. The summed E-state index contributed by atoms with van der Waals surface area (Å²) in [6.07, 6.45) is 7.63. The molecule has 8 rings (SSSR count). The molecule has 0 aliphatic heterocycles. The summed E-state index contributed by atoms with van der Waals surface area (Å²) in [6.45, 7) is 11.0. The molecule has 0 bridgehead atoms. The van der Waals surface area contributed by atoms with Gasteiger partial charge in [-0.05, 0) is 120 Å². The Bertz CT molecular complexity index is 2910. The minimum Gasteiger partial charge on any atom is -0.310 e. The Kier molecular flexibility index (Phi) is 13.4. The highest BCUT2D eigenvalue weighted by Gasteiger charge is 2.19. The van der Waals surface area contributed by atoms with E-state index >= 15 is 0 Å². The maximum Gasteiger partial charge on any atom is 0.0711 e. The van der Waals surface area contributed by atoms with E-state index in [9.17, 15) is 0 Å². The zero-order valence-electron chi connectivity index (χ0n) is 37.1. The molecule has 0 spiro atoms. The van der Waals surface area contributed by atoms with Gasteiger partial charge in [-0.3, -0.25) is 4.99 Å². The van der Waals surface area contributed by atoms with Crippen LogP contribution in [-0.2, 0) is 0 Å². The third-order valence-electron chi connectivity index (χ3n) is 11.8. The number of benzene rings is 7. The van der Waals surface area contributed by atoms with Gasteiger partial charge < -0.3 is 4.90 Å². The van der Waals surface area contributed by atoms with E-state index < -0.39 is 0 Å². The van der Waals surface area contributed by atoms with E-state index in [2.05, 4.69) is 246 Å².